The summed E-state index contributed by atoms with van der Waals surface area (Å²) in [7, 11) is 0. The van der Waals surface area contributed by atoms with Crippen molar-refractivity contribution in [2.24, 2.45) is 5.41 Å². The number of rotatable bonds is 1. The fourth-order valence-corrected chi connectivity index (χ4v) is 3.86. The van der Waals surface area contributed by atoms with E-state index in [1.807, 2.05) is 20.8 Å². The second-order valence-corrected chi connectivity index (χ2v) is 7.60. The number of carbonyl (C=O) groups is 3. The molecule has 3 fully saturated rings. The van der Waals surface area contributed by atoms with Crippen LogP contribution in [0.4, 0.5) is 9.59 Å². The summed E-state index contributed by atoms with van der Waals surface area (Å²) in [5.74, 6) is -0.221. The Morgan fingerprint density at radius 3 is 2.38 bits per heavy atom. The molecule has 7 nitrogen and oxygen atoms in total. The molecule has 3 aliphatic rings. The zero-order chi connectivity index (χ0) is 15.5. The van der Waals surface area contributed by atoms with Gasteiger partial charge in [0.15, 0.2) is 0 Å². The molecule has 0 bridgehead atoms. The zero-order valence-corrected chi connectivity index (χ0v) is 12.5. The molecule has 7 heteroatoms. The Morgan fingerprint density at radius 2 is 1.90 bits per heavy atom. The number of urea groups is 1. The second-order valence-electron chi connectivity index (χ2n) is 7.60. The third kappa shape index (κ3) is 2.45. The molecule has 3 rings (SSSR count). The fraction of sp³-hybridized carbons (Fsp3) is 0.786. The largest absolute Gasteiger partial charge is 0.444 e. The predicted molar refractivity (Wildman–Crippen MR) is 73.5 cm³/mol. The first-order chi connectivity index (χ1) is 9.62. The highest BCUT2D eigenvalue weighted by atomic mass is 16.6. The van der Waals surface area contributed by atoms with E-state index in [1.54, 1.807) is 0 Å². The number of alkyl carbamates (subject to hydrolysis) is 1. The van der Waals surface area contributed by atoms with Crippen molar-refractivity contribution >= 4 is 18.0 Å². The fourth-order valence-electron chi connectivity index (χ4n) is 3.86. The van der Waals surface area contributed by atoms with Crippen molar-refractivity contribution < 1.29 is 19.1 Å². The van der Waals surface area contributed by atoms with Gasteiger partial charge in [0.25, 0.3) is 5.91 Å². The van der Waals surface area contributed by atoms with E-state index in [9.17, 15) is 14.4 Å². The molecule has 0 radical (unpaired) electrons. The normalized spacial score (nSPS) is 37.6. The van der Waals surface area contributed by atoms with Gasteiger partial charge in [-0.15, -0.1) is 0 Å². The van der Waals surface area contributed by atoms with Crippen LogP contribution in [-0.2, 0) is 9.53 Å². The molecule has 4 amide bonds. The number of amides is 4. The van der Waals surface area contributed by atoms with E-state index in [0.717, 1.165) is 12.8 Å². The number of hydrogen-bond acceptors (Lipinski definition) is 4. The van der Waals surface area contributed by atoms with E-state index in [0.29, 0.717) is 12.8 Å². The smallest absolute Gasteiger partial charge is 0.407 e. The highest BCUT2D eigenvalue weighted by Crippen LogP contribution is 2.61. The van der Waals surface area contributed by atoms with Crippen LogP contribution in [0.25, 0.3) is 0 Å². The molecule has 3 N–H and O–H groups in total. The Bertz CT molecular complexity index is 509. The van der Waals surface area contributed by atoms with Crippen LogP contribution in [0.5, 0.6) is 0 Å². The Morgan fingerprint density at radius 1 is 1.29 bits per heavy atom. The van der Waals surface area contributed by atoms with E-state index in [4.69, 9.17) is 4.74 Å². The first-order valence-electron chi connectivity index (χ1n) is 7.25. The predicted octanol–water partition coefficient (Wildman–Crippen LogP) is 1.03. The molecule has 0 unspecified atom stereocenters. The average molecular weight is 295 g/mol. The van der Waals surface area contributed by atoms with Crippen LogP contribution in [0.15, 0.2) is 0 Å². The Labute approximate surface area is 123 Å². The topological polar surface area (TPSA) is 96.5 Å². The van der Waals surface area contributed by atoms with Crippen molar-refractivity contribution in [3.8, 4) is 0 Å². The third-order valence-electron chi connectivity index (χ3n) is 4.45. The molecule has 1 saturated heterocycles. The molecule has 0 aromatic rings. The number of carbonyl (C=O) groups excluding carboxylic acids is 3. The summed E-state index contributed by atoms with van der Waals surface area (Å²) in [5.41, 5.74) is -1.12. The van der Waals surface area contributed by atoms with Crippen LogP contribution in [0.3, 0.4) is 0 Å². The molecule has 2 saturated carbocycles. The van der Waals surface area contributed by atoms with Gasteiger partial charge in [0, 0.05) is 6.04 Å². The van der Waals surface area contributed by atoms with E-state index in [-0.39, 0.29) is 17.4 Å². The van der Waals surface area contributed by atoms with Crippen LogP contribution < -0.4 is 16.0 Å². The van der Waals surface area contributed by atoms with Gasteiger partial charge in [-0.1, -0.05) is 0 Å². The van der Waals surface area contributed by atoms with Gasteiger partial charge in [0.1, 0.15) is 11.1 Å². The van der Waals surface area contributed by atoms with Gasteiger partial charge in [-0.05, 0) is 51.9 Å². The Kier molecular flexibility index (Phi) is 2.77. The standard InChI is InChI=1S/C14H21N3O4/c1-12(2,3)21-11(20)15-8-4-13(5-8)6-14(7-13)9(18)16-10(19)17-14/h8H,4-7H2,1-3H3,(H,15,20)(H2,16,17,18,19). The zero-order valence-electron chi connectivity index (χ0n) is 12.5. The lowest BCUT2D eigenvalue weighted by Gasteiger charge is -2.60. The minimum Gasteiger partial charge on any atom is -0.444 e. The third-order valence-corrected chi connectivity index (χ3v) is 4.45. The lowest BCUT2D eigenvalue weighted by atomic mass is 9.47. The molecule has 2 spiro atoms. The number of imide groups is 1. The molecule has 21 heavy (non-hydrogen) atoms. The molecule has 0 aromatic carbocycles. The van der Waals surface area contributed by atoms with Crippen molar-refractivity contribution in [3.63, 3.8) is 0 Å². The van der Waals surface area contributed by atoms with Gasteiger partial charge in [0.05, 0.1) is 0 Å². The summed E-state index contributed by atoms with van der Waals surface area (Å²) >= 11 is 0. The van der Waals surface area contributed by atoms with Crippen molar-refractivity contribution in [2.45, 2.75) is 63.6 Å². The van der Waals surface area contributed by atoms with Crippen molar-refractivity contribution in [1.82, 2.24) is 16.0 Å². The highest BCUT2D eigenvalue weighted by molar-refractivity contribution is 6.07. The molecule has 0 atom stereocenters. The Balaban J connectivity index is 1.46. The van der Waals surface area contributed by atoms with Crippen LogP contribution in [0.2, 0.25) is 0 Å². The second kappa shape index (κ2) is 4.11. The average Bonchev–Trinajstić information content (AvgIpc) is 2.47. The summed E-state index contributed by atoms with van der Waals surface area (Å²) in [6.07, 6.45) is 2.57. The lowest BCUT2D eigenvalue weighted by molar-refractivity contribution is -0.140. The number of hydrogen-bond donors (Lipinski definition) is 3. The van der Waals surface area contributed by atoms with Crippen molar-refractivity contribution in [2.75, 3.05) is 0 Å². The van der Waals surface area contributed by atoms with Gasteiger partial charge < -0.3 is 15.4 Å². The van der Waals surface area contributed by atoms with Crippen LogP contribution in [0, 0.1) is 5.41 Å². The van der Waals surface area contributed by atoms with E-state index in [2.05, 4.69) is 16.0 Å². The van der Waals surface area contributed by atoms with Crippen molar-refractivity contribution in [1.29, 1.82) is 0 Å². The lowest BCUT2D eigenvalue weighted by Crippen LogP contribution is -2.68. The highest BCUT2D eigenvalue weighted by Gasteiger charge is 2.66. The summed E-state index contributed by atoms with van der Waals surface area (Å²) in [6.45, 7) is 5.48. The monoisotopic (exact) mass is 295 g/mol. The summed E-state index contributed by atoms with van der Waals surface area (Å²) in [6, 6.07) is -0.310. The summed E-state index contributed by atoms with van der Waals surface area (Å²) < 4.78 is 5.22. The van der Waals surface area contributed by atoms with E-state index in [1.165, 1.54) is 0 Å². The minimum atomic E-state index is -0.700. The van der Waals surface area contributed by atoms with Gasteiger partial charge in [-0.2, -0.15) is 0 Å². The summed E-state index contributed by atoms with van der Waals surface area (Å²) in [4.78, 5) is 34.6. The summed E-state index contributed by atoms with van der Waals surface area (Å²) in [5, 5.41) is 7.85. The SMILES string of the molecule is CC(C)(C)OC(=O)NC1CC2(C1)CC1(C2)NC(=O)NC1=O. The molecular weight excluding hydrogens is 274 g/mol. The minimum absolute atomic E-state index is 0.0780. The molecule has 0 aromatic heterocycles. The van der Waals surface area contributed by atoms with Gasteiger partial charge in [-0.25, -0.2) is 9.59 Å². The quantitative estimate of drug-likeness (QED) is 0.629. The number of ether oxygens (including phenoxy) is 1. The van der Waals surface area contributed by atoms with E-state index >= 15 is 0 Å². The van der Waals surface area contributed by atoms with Gasteiger partial charge >= 0.3 is 12.1 Å². The van der Waals surface area contributed by atoms with E-state index < -0.39 is 23.3 Å². The molecular formula is C14H21N3O4. The first kappa shape index (κ1) is 14.2. The maximum atomic E-state index is 11.7. The van der Waals surface area contributed by atoms with Gasteiger partial charge in [-0.3, -0.25) is 10.1 Å². The molecule has 116 valence electrons. The molecule has 1 heterocycles. The molecule has 1 aliphatic heterocycles. The first-order valence-corrected chi connectivity index (χ1v) is 7.25. The van der Waals surface area contributed by atoms with Crippen molar-refractivity contribution in [3.05, 3.63) is 0 Å². The molecule has 2 aliphatic carbocycles. The van der Waals surface area contributed by atoms with Crippen LogP contribution >= 0.6 is 0 Å². The Hall–Kier alpha value is -1.79. The number of nitrogens with one attached hydrogen (secondary N) is 3. The van der Waals surface area contributed by atoms with Gasteiger partial charge in [0.2, 0.25) is 0 Å². The maximum absolute atomic E-state index is 11.7. The van der Waals surface area contributed by atoms with Crippen LogP contribution in [-0.4, -0.2) is 35.2 Å². The van der Waals surface area contributed by atoms with Crippen LogP contribution in [0.1, 0.15) is 46.5 Å². The maximum Gasteiger partial charge on any atom is 0.407 e.